The largest absolute Gasteiger partial charge is 0.493 e. The number of hydrazone groups is 1. The molecular formula is C24H25N3O3S2. The van der Waals surface area contributed by atoms with E-state index in [1.165, 1.54) is 16.0 Å². The van der Waals surface area contributed by atoms with Crippen molar-refractivity contribution in [1.29, 1.82) is 0 Å². The number of fused-ring (bicyclic) bond motifs is 1. The Morgan fingerprint density at radius 2 is 1.84 bits per heavy atom. The standard InChI is InChI=1S/C24H25N3O3S2/c1-29-20-11-16-7-8-26(14-17(16)12-21(20)30-2)15-24(28)27-19(23-6-4-10-32-23)13-18(25-27)22-5-3-9-31-22/h3-6,9-12,19H,7-8,13-15H2,1-2H3/t19-/m0/s1. The molecule has 1 aromatic carbocycles. The van der Waals surface area contributed by atoms with Crippen LogP contribution in [0.1, 0.15) is 33.3 Å². The third-order valence-corrected chi connectivity index (χ3v) is 7.89. The number of nitrogens with zero attached hydrogens (tertiary/aromatic N) is 3. The molecule has 2 aliphatic rings. The number of rotatable bonds is 6. The first-order valence-electron chi connectivity index (χ1n) is 10.6. The van der Waals surface area contributed by atoms with Crippen molar-refractivity contribution >= 4 is 34.3 Å². The van der Waals surface area contributed by atoms with Crippen LogP contribution in [0, 0.1) is 0 Å². The number of ether oxygens (including phenoxy) is 2. The highest BCUT2D eigenvalue weighted by Gasteiger charge is 2.35. The molecule has 6 nitrogen and oxygen atoms in total. The lowest BCUT2D eigenvalue weighted by Crippen LogP contribution is -2.40. The van der Waals surface area contributed by atoms with E-state index in [0.29, 0.717) is 13.1 Å². The number of carbonyl (C=O) groups is 1. The molecule has 1 amide bonds. The van der Waals surface area contributed by atoms with E-state index in [1.54, 1.807) is 41.9 Å². The van der Waals surface area contributed by atoms with Crippen LogP contribution >= 0.6 is 22.7 Å². The predicted octanol–water partition coefficient (Wildman–Crippen LogP) is 4.56. The molecular weight excluding hydrogens is 442 g/mol. The van der Waals surface area contributed by atoms with Gasteiger partial charge in [0.2, 0.25) is 0 Å². The van der Waals surface area contributed by atoms with Gasteiger partial charge in [-0.15, -0.1) is 22.7 Å². The number of benzene rings is 1. The van der Waals surface area contributed by atoms with Crippen LogP contribution in [0.2, 0.25) is 0 Å². The Bertz CT molecular complexity index is 1130. The van der Waals surface area contributed by atoms with E-state index in [-0.39, 0.29) is 11.9 Å². The highest BCUT2D eigenvalue weighted by Crippen LogP contribution is 2.37. The summed E-state index contributed by atoms with van der Waals surface area (Å²) in [6, 6.07) is 12.3. The fraction of sp³-hybridized carbons (Fsp3) is 0.333. The first kappa shape index (κ1) is 21.2. The van der Waals surface area contributed by atoms with E-state index in [2.05, 4.69) is 33.9 Å². The molecule has 166 valence electrons. The summed E-state index contributed by atoms with van der Waals surface area (Å²) in [5, 5.41) is 10.6. The normalized spacial score (nSPS) is 18.4. The topological polar surface area (TPSA) is 54.4 Å². The minimum atomic E-state index is -0.0268. The molecule has 2 aromatic heterocycles. The Morgan fingerprint density at radius 1 is 1.09 bits per heavy atom. The summed E-state index contributed by atoms with van der Waals surface area (Å²) >= 11 is 3.35. The molecule has 8 heteroatoms. The van der Waals surface area contributed by atoms with Crippen molar-refractivity contribution in [2.24, 2.45) is 5.10 Å². The van der Waals surface area contributed by atoms with Gasteiger partial charge >= 0.3 is 0 Å². The van der Waals surface area contributed by atoms with Crippen molar-refractivity contribution in [2.45, 2.75) is 25.4 Å². The number of hydrogen-bond donors (Lipinski definition) is 0. The summed E-state index contributed by atoms with van der Waals surface area (Å²) in [6.45, 7) is 1.88. The number of carbonyl (C=O) groups excluding carboxylic acids is 1. The summed E-state index contributed by atoms with van der Waals surface area (Å²) in [4.78, 5) is 17.9. The third-order valence-electron chi connectivity index (χ3n) is 6.00. The molecule has 5 rings (SSSR count). The second kappa shape index (κ2) is 9.05. The maximum absolute atomic E-state index is 13.4. The molecule has 0 unspecified atom stereocenters. The van der Waals surface area contributed by atoms with Gasteiger partial charge in [-0.05, 0) is 52.6 Å². The van der Waals surface area contributed by atoms with Gasteiger partial charge in [-0.3, -0.25) is 9.69 Å². The summed E-state index contributed by atoms with van der Waals surface area (Å²) in [5.41, 5.74) is 3.43. The zero-order chi connectivity index (χ0) is 22.1. The zero-order valence-electron chi connectivity index (χ0n) is 18.1. The van der Waals surface area contributed by atoms with Crippen LogP contribution in [-0.4, -0.2) is 48.8 Å². The smallest absolute Gasteiger partial charge is 0.257 e. The Morgan fingerprint density at radius 3 is 2.53 bits per heavy atom. The third kappa shape index (κ3) is 4.05. The number of methoxy groups -OCH3 is 2. The van der Waals surface area contributed by atoms with Gasteiger partial charge in [-0.2, -0.15) is 5.10 Å². The molecule has 0 aliphatic carbocycles. The first-order chi connectivity index (χ1) is 15.7. The predicted molar refractivity (Wildman–Crippen MR) is 128 cm³/mol. The molecule has 0 radical (unpaired) electrons. The Balaban J connectivity index is 1.34. The van der Waals surface area contributed by atoms with Crippen molar-refractivity contribution in [3.8, 4) is 11.5 Å². The fourth-order valence-corrected chi connectivity index (χ4v) is 5.91. The minimum Gasteiger partial charge on any atom is -0.493 e. The molecule has 2 aliphatic heterocycles. The molecule has 3 aromatic rings. The van der Waals surface area contributed by atoms with Gasteiger partial charge in [0.05, 0.1) is 37.4 Å². The molecule has 0 saturated carbocycles. The van der Waals surface area contributed by atoms with E-state index in [9.17, 15) is 4.79 Å². The maximum Gasteiger partial charge on any atom is 0.257 e. The van der Waals surface area contributed by atoms with Crippen molar-refractivity contribution < 1.29 is 14.3 Å². The molecule has 0 N–H and O–H groups in total. The Labute approximate surface area is 195 Å². The van der Waals surface area contributed by atoms with Gasteiger partial charge in [-0.1, -0.05) is 12.1 Å². The van der Waals surface area contributed by atoms with Crippen LogP contribution in [-0.2, 0) is 17.8 Å². The average Bonchev–Trinajstić information content (AvgIpc) is 3.58. The molecule has 0 fully saturated rings. The van der Waals surface area contributed by atoms with Gasteiger partial charge in [0.15, 0.2) is 11.5 Å². The lowest BCUT2D eigenvalue weighted by molar-refractivity contribution is -0.134. The quantitative estimate of drug-likeness (QED) is 0.533. The lowest BCUT2D eigenvalue weighted by Gasteiger charge is -2.30. The highest BCUT2D eigenvalue weighted by molar-refractivity contribution is 7.12. The van der Waals surface area contributed by atoms with Gasteiger partial charge in [0, 0.05) is 24.4 Å². The highest BCUT2D eigenvalue weighted by atomic mass is 32.1. The molecule has 0 bridgehead atoms. The summed E-state index contributed by atoms with van der Waals surface area (Å²) in [5.74, 6) is 1.52. The first-order valence-corrected chi connectivity index (χ1v) is 12.3. The van der Waals surface area contributed by atoms with Gasteiger partial charge in [0.1, 0.15) is 0 Å². The van der Waals surface area contributed by atoms with E-state index < -0.39 is 0 Å². The fourth-order valence-electron chi connectivity index (χ4n) is 4.37. The van der Waals surface area contributed by atoms with E-state index >= 15 is 0 Å². The number of amides is 1. The summed E-state index contributed by atoms with van der Waals surface area (Å²) in [7, 11) is 3.30. The van der Waals surface area contributed by atoms with Gasteiger partial charge in [-0.25, -0.2) is 5.01 Å². The van der Waals surface area contributed by atoms with Crippen LogP contribution in [0.15, 0.2) is 52.3 Å². The molecule has 4 heterocycles. The summed E-state index contributed by atoms with van der Waals surface area (Å²) in [6.07, 6.45) is 1.63. The zero-order valence-corrected chi connectivity index (χ0v) is 19.7. The SMILES string of the molecule is COc1cc2c(cc1OC)CN(CC(=O)N1N=C(c3cccs3)C[C@H]1c1cccs1)CC2. The average molecular weight is 468 g/mol. The van der Waals surface area contributed by atoms with Crippen LogP contribution < -0.4 is 9.47 Å². The number of hydrogen-bond acceptors (Lipinski definition) is 7. The second-order valence-electron chi connectivity index (χ2n) is 7.93. The molecule has 0 spiro atoms. The maximum atomic E-state index is 13.4. The van der Waals surface area contributed by atoms with Crippen molar-refractivity contribution in [1.82, 2.24) is 9.91 Å². The van der Waals surface area contributed by atoms with Crippen LogP contribution in [0.5, 0.6) is 11.5 Å². The van der Waals surface area contributed by atoms with Crippen molar-refractivity contribution in [3.05, 3.63) is 68.0 Å². The Kier molecular flexibility index (Phi) is 5.99. The minimum absolute atomic E-state index is 0.0268. The van der Waals surface area contributed by atoms with E-state index in [1.807, 2.05) is 18.2 Å². The monoisotopic (exact) mass is 467 g/mol. The lowest BCUT2D eigenvalue weighted by atomic mass is 9.98. The van der Waals surface area contributed by atoms with E-state index in [4.69, 9.17) is 14.6 Å². The van der Waals surface area contributed by atoms with Crippen LogP contribution in [0.3, 0.4) is 0 Å². The second-order valence-corrected chi connectivity index (χ2v) is 9.86. The number of thiophene rings is 2. The van der Waals surface area contributed by atoms with Gasteiger partial charge < -0.3 is 9.47 Å². The molecule has 32 heavy (non-hydrogen) atoms. The Hall–Kier alpha value is -2.68. The van der Waals surface area contributed by atoms with Crippen LogP contribution in [0.25, 0.3) is 0 Å². The molecule has 1 atom stereocenters. The van der Waals surface area contributed by atoms with Crippen LogP contribution in [0.4, 0.5) is 0 Å². The van der Waals surface area contributed by atoms with Gasteiger partial charge in [0.25, 0.3) is 5.91 Å². The molecule has 0 saturated heterocycles. The van der Waals surface area contributed by atoms with E-state index in [0.717, 1.165) is 41.5 Å². The van der Waals surface area contributed by atoms with Crippen molar-refractivity contribution in [3.63, 3.8) is 0 Å². The van der Waals surface area contributed by atoms with Crippen molar-refractivity contribution in [2.75, 3.05) is 27.3 Å². The summed E-state index contributed by atoms with van der Waals surface area (Å²) < 4.78 is 10.9.